The van der Waals surface area contributed by atoms with Crippen LogP contribution in [0.1, 0.15) is 33.4 Å². The molecule has 0 amide bonds. The fourth-order valence-corrected chi connectivity index (χ4v) is 16.2. The van der Waals surface area contributed by atoms with Gasteiger partial charge in [-0.3, -0.25) is 0 Å². The lowest BCUT2D eigenvalue weighted by Crippen LogP contribution is -2.45. The van der Waals surface area contributed by atoms with Crippen LogP contribution in [0.2, 0.25) is 0 Å². The summed E-state index contributed by atoms with van der Waals surface area (Å²) in [6.45, 7) is 11.5. The molecule has 0 unspecified atom stereocenters. The molecule has 270 valence electrons. The molecule has 0 fully saturated rings. The molecule has 0 radical (unpaired) electrons. The fraction of sp³-hybridized carbons (Fsp3) is 0.133. The highest BCUT2D eigenvalue weighted by atomic mass is 31.2. The van der Waals surface area contributed by atoms with Crippen LogP contribution < -0.4 is 48.5 Å². The van der Waals surface area contributed by atoms with Gasteiger partial charge in [-0.25, -0.2) is 15.0 Å². The first-order chi connectivity index (χ1) is 25.9. The van der Waals surface area contributed by atoms with Crippen molar-refractivity contribution in [3.63, 3.8) is 0 Å². The van der Waals surface area contributed by atoms with E-state index in [1.54, 1.807) is 0 Å². The SMILES string of the molecule is Cc1ccccc1P(=O)(c1nc(P(=O)(c2ccccc2C)c2ccccc2C)nc(P(=O)(c2ccccc2C)c2ccccc2C)n1)c1ccccc1C. The highest BCUT2D eigenvalue weighted by molar-refractivity contribution is 7.87. The van der Waals surface area contributed by atoms with Gasteiger partial charge in [-0.1, -0.05) is 146 Å². The number of aromatic nitrogens is 3. The molecule has 7 rings (SSSR count). The third kappa shape index (κ3) is 6.17. The standard InChI is InChI=1S/C45H42N3O3P3/c1-31-19-7-13-25-37(31)52(49,38-26-14-8-20-32(38)2)43-46-44(53(50,39-27-15-9-21-33(39)3)40-28-16-10-22-34(40)4)48-45(47-43)54(51,41-29-17-11-23-35(41)5)42-30-18-12-24-36(42)6/h7-30H,1-6H3. The minimum Gasteiger partial charge on any atom is -0.305 e. The minimum absolute atomic E-state index is 0.0594. The van der Waals surface area contributed by atoms with Crippen molar-refractivity contribution in [3.8, 4) is 0 Å². The van der Waals surface area contributed by atoms with Crippen molar-refractivity contribution in [3.05, 3.63) is 179 Å². The molecule has 0 bridgehead atoms. The van der Waals surface area contributed by atoms with E-state index in [1.807, 2.05) is 187 Å². The zero-order chi connectivity index (χ0) is 38.3. The summed E-state index contributed by atoms with van der Waals surface area (Å²) in [5, 5.41) is 3.28. The van der Waals surface area contributed by atoms with E-state index in [0.717, 1.165) is 33.4 Å². The van der Waals surface area contributed by atoms with Crippen LogP contribution in [-0.4, -0.2) is 15.0 Å². The minimum atomic E-state index is -3.96. The van der Waals surface area contributed by atoms with Crippen LogP contribution in [0.15, 0.2) is 146 Å². The van der Waals surface area contributed by atoms with Crippen LogP contribution in [0.5, 0.6) is 0 Å². The van der Waals surface area contributed by atoms with E-state index in [4.69, 9.17) is 15.0 Å². The third-order valence-electron chi connectivity index (χ3n) is 10.2. The Hall–Kier alpha value is -4.98. The Morgan fingerprint density at radius 3 is 0.574 bits per heavy atom. The molecule has 0 atom stereocenters. The number of hydrogen-bond acceptors (Lipinski definition) is 6. The Morgan fingerprint density at radius 1 is 0.278 bits per heavy atom. The van der Waals surface area contributed by atoms with Gasteiger partial charge >= 0.3 is 0 Å². The van der Waals surface area contributed by atoms with Crippen LogP contribution in [0, 0.1) is 41.5 Å². The van der Waals surface area contributed by atoms with Crippen LogP contribution in [0.4, 0.5) is 0 Å². The van der Waals surface area contributed by atoms with Crippen molar-refractivity contribution in [2.45, 2.75) is 41.5 Å². The molecule has 9 heteroatoms. The van der Waals surface area contributed by atoms with E-state index in [2.05, 4.69) is 0 Å². The Kier molecular flexibility index (Phi) is 10.2. The maximum absolute atomic E-state index is 16.5. The molecule has 0 N–H and O–H groups in total. The van der Waals surface area contributed by atoms with Gasteiger partial charge < -0.3 is 13.7 Å². The van der Waals surface area contributed by atoms with Crippen molar-refractivity contribution in [2.24, 2.45) is 0 Å². The Bertz CT molecular complexity index is 2250. The summed E-state index contributed by atoms with van der Waals surface area (Å²) in [4.78, 5) is 15.4. The summed E-state index contributed by atoms with van der Waals surface area (Å²) < 4.78 is 49.5. The number of aryl methyl sites for hydroxylation is 6. The van der Waals surface area contributed by atoms with E-state index >= 15 is 13.7 Å². The van der Waals surface area contributed by atoms with E-state index < -0.39 is 21.4 Å². The molecule has 6 nitrogen and oxygen atoms in total. The second-order valence-electron chi connectivity index (χ2n) is 13.8. The molecular weight excluding hydrogens is 723 g/mol. The summed E-state index contributed by atoms with van der Waals surface area (Å²) in [6, 6.07) is 45.1. The van der Waals surface area contributed by atoms with Gasteiger partial charge in [0.2, 0.25) is 38.1 Å². The number of rotatable bonds is 9. The highest BCUT2D eigenvalue weighted by Crippen LogP contribution is 2.48. The molecule has 0 saturated heterocycles. The van der Waals surface area contributed by atoms with Gasteiger partial charge in [0.25, 0.3) is 0 Å². The Morgan fingerprint density at radius 2 is 0.426 bits per heavy atom. The summed E-state index contributed by atoms with van der Waals surface area (Å²) in [5.74, 6) is 0. The zero-order valence-electron chi connectivity index (χ0n) is 31.3. The van der Waals surface area contributed by atoms with Gasteiger partial charge in [0.1, 0.15) is 0 Å². The first-order valence-corrected chi connectivity index (χ1v) is 23.0. The summed E-state index contributed by atoms with van der Waals surface area (Å²) >= 11 is 0. The van der Waals surface area contributed by atoms with Crippen LogP contribution >= 0.6 is 21.4 Å². The quantitative estimate of drug-likeness (QED) is 0.153. The van der Waals surface area contributed by atoms with Crippen molar-refractivity contribution in [1.29, 1.82) is 0 Å². The molecule has 0 spiro atoms. The summed E-state index contributed by atoms with van der Waals surface area (Å²) in [5.41, 5.74) is 4.54. The van der Waals surface area contributed by atoms with Crippen molar-refractivity contribution in [1.82, 2.24) is 15.0 Å². The smallest absolute Gasteiger partial charge is 0.207 e. The van der Waals surface area contributed by atoms with Gasteiger partial charge in [0.15, 0.2) is 0 Å². The number of hydrogen-bond donors (Lipinski definition) is 0. The Labute approximate surface area is 317 Å². The molecule has 1 heterocycles. The maximum atomic E-state index is 16.5. The molecule has 0 aliphatic rings. The van der Waals surface area contributed by atoms with Crippen molar-refractivity contribution < 1.29 is 13.7 Å². The van der Waals surface area contributed by atoms with Gasteiger partial charge in [0, 0.05) is 31.8 Å². The van der Waals surface area contributed by atoms with E-state index in [1.165, 1.54) is 0 Å². The molecule has 54 heavy (non-hydrogen) atoms. The van der Waals surface area contributed by atoms with Crippen LogP contribution in [0.3, 0.4) is 0 Å². The van der Waals surface area contributed by atoms with E-state index in [0.29, 0.717) is 31.8 Å². The predicted molar refractivity (Wildman–Crippen MR) is 226 cm³/mol. The maximum Gasteiger partial charge on any atom is 0.207 e. The molecule has 7 aromatic rings. The average Bonchev–Trinajstić information content (AvgIpc) is 3.18. The summed E-state index contributed by atoms with van der Waals surface area (Å²) in [7, 11) is -11.9. The topological polar surface area (TPSA) is 89.9 Å². The Balaban J connectivity index is 1.72. The summed E-state index contributed by atoms with van der Waals surface area (Å²) in [6.07, 6.45) is 0. The lowest BCUT2D eigenvalue weighted by Gasteiger charge is -2.27. The lowest BCUT2D eigenvalue weighted by atomic mass is 10.2. The van der Waals surface area contributed by atoms with Gasteiger partial charge in [0.05, 0.1) is 0 Å². The van der Waals surface area contributed by atoms with Gasteiger partial charge in [-0.05, 0) is 74.9 Å². The average molecular weight is 766 g/mol. The lowest BCUT2D eigenvalue weighted by molar-refractivity contribution is 0.590. The highest BCUT2D eigenvalue weighted by Gasteiger charge is 2.44. The molecule has 0 aliphatic carbocycles. The first-order valence-electron chi connectivity index (χ1n) is 17.9. The van der Waals surface area contributed by atoms with Crippen molar-refractivity contribution >= 4 is 69.9 Å². The first kappa shape index (κ1) is 37.3. The molecule has 0 saturated carbocycles. The molecular formula is C45H42N3O3P3. The van der Waals surface area contributed by atoms with Gasteiger partial charge in [-0.2, -0.15) is 0 Å². The van der Waals surface area contributed by atoms with Crippen LogP contribution in [0.25, 0.3) is 0 Å². The molecule has 6 aromatic carbocycles. The number of nitrogens with zero attached hydrogens (tertiary/aromatic N) is 3. The van der Waals surface area contributed by atoms with E-state index in [9.17, 15) is 0 Å². The fourth-order valence-electron chi connectivity index (χ4n) is 7.30. The van der Waals surface area contributed by atoms with Crippen molar-refractivity contribution in [2.75, 3.05) is 0 Å². The second-order valence-corrected chi connectivity index (χ2v) is 21.5. The second kappa shape index (κ2) is 14.7. The number of benzene rings is 6. The monoisotopic (exact) mass is 765 g/mol. The van der Waals surface area contributed by atoms with E-state index in [-0.39, 0.29) is 16.7 Å². The normalized spacial score (nSPS) is 12.1. The van der Waals surface area contributed by atoms with Gasteiger partial charge in [-0.15, -0.1) is 0 Å². The third-order valence-corrected chi connectivity index (χ3v) is 19.5. The largest absolute Gasteiger partial charge is 0.305 e. The predicted octanol–water partition coefficient (Wildman–Crippen LogP) is 6.64. The molecule has 1 aromatic heterocycles. The molecule has 0 aliphatic heterocycles. The zero-order valence-corrected chi connectivity index (χ0v) is 33.9. The van der Waals surface area contributed by atoms with Crippen LogP contribution in [-0.2, 0) is 13.7 Å².